The van der Waals surface area contributed by atoms with Crippen LogP contribution in [0, 0.1) is 0 Å². The Labute approximate surface area is 104 Å². The van der Waals surface area contributed by atoms with Crippen molar-refractivity contribution in [2.75, 3.05) is 20.3 Å². The molecule has 0 saturated carbocycles. The molecule has 1 aromatic rings. The number of benzene rings is 1. The molecule has 1 unspecified atom stereocenters. The van der Waals surface area contributed by atoms with E-state index in [1.807, 2.05) is 18.2 Å². The first-order valence-electron chi connectivity index (χ1n) is 4.86. The van der Waals surface area contributed by atoms with Crippen molar-refractivity contribution in [3.05, 3.63) is 33.3 Å². The minimum Gasteiger partial charge on any atom is -0.383 e. The minimum absolute atomic E-state index is 0.200. The first kappa shape index (κ1) is 13.0. The summed E-state index contributed by atoms with van der Waals surface area (Å²) in [5.41, 5.74) is 1.15. The summed E-state index contributed by atoms with van der Waals surface area (Å²) in [5.74, 6) is 0. The molecule has 0 radical (unpaired) electrons. The van der Waals surface area contributed by atoms with Crippen LogP contribution in [0.25, 0.3) is 0 Å². The fourth-order valence-corrected chi connectivity index (χ4v) is 1.85. The van der Waals surface area contributed by atoms with E-state index in [0.717, 1.165) is 21.6 Å². The van der Waals surface area contributed by atoms with Crippen LogP contribution in [0.1, 0.15) is 18.5 Å². The summed E-state index contributed by atoms with van der Waals surface area (Å²) >= 11 is 9.42. The number of halogens is 2. The third-order valence-electron chi connectivity index (χ3n) is 2.13. The zero-order valence-corrected chi connectivity index (χ0v) is 11.2. The smallest absolute Gasteiger partial charge is 0.0657 e. The molecule has 2 nitrogen and oxygen atoms in total. The molecule has 0 fully saturated rings. The molecular weight excluding hydrogens is 277 g/mol. The molecule has 0 aliphatic carbocycles. The summed E-state index contributed by atoms with van der Waals surface area (Å²) in [7, 11) is 1.70. The number of rotatable bonds is 5. The second-order valence-electron chi connectivity index (χ2n) is 3.24. The Hall–Kier alpha value is -0.0900. The number of hydrogen-bond acceptors (Lipinski definition) is 2. The molecule has 0 aliphatic rings. The van der Waals surface area contributed by atoms with Gasteiger partial charge >= 0.3 is 0 Å². The highest BCUT2D eigenvalue weighted by Crippen LogP contribution is 2.26. The second kappa shape index (κ2) is 6.48. The monoisotopic (exact) mass is 291 g/mol. The van der Waals surface area contributed by atoms with Crippen LogP contribution in [0.15, 0.2) is 22.7 Å². The highest BCUT2D eigenvalue weighted by Gasteiger charge is 2.10. The number of ether oxygens (including phenoxy) is 1. The largest absolute Gasteiger partial charge is 0.383 e. The molecule has 1 N–H and O–H groups in total. The predicted molar refractivity (Wildman–Crippen MR) is 67.4 cm³/mol. The molecule has 0 amide bonds. The molecule has 1 aromatic carbocycles. The van der Waals surface area contributed by atoms with E-state index in [0.29, 0.717) is 6.61 Å². The van der Waals surface area contributed by atoms with E-state index in [1.54, 1.807) is 7.11 Å². The molecule has 84 valence electrons. The summed E-state index contributed by atoms with van der Waals surface area (Å²) in [6, 6.07) is 6.16. The Morgan fingerprint density at radius 1 is 1.53 bits per heavy atom. The van der Waals surface area contributed by atoms with Crippen molar-refractivity contribution in [2.24, 2.45) is 0 Å². The van der Waals surface area contributed by atoms with Crippen molar-refractivity contribution in [1.82, 2.24) is 5.32 Å². The minimum atomic E-state index is 0.200. The highest BCUT2D eigenvalue weighted by molar-refractivity contribution is 9.10. The Morgan fingerprint density at radius 3 is 2.80 bits per heavy atom. The topological polar surface area (TPSA) is 21.3 Å². The quantitative estimate of drug-likeness (QED) is 0.898. The first-order valence-corrected chi connectivity index (χ1v) is 6.03. The van der Waals surface area contributed by atoms with Gasteiger partial charge in [-0.2, -0.15) is 0 Å². The van der Waals surface area contributed by atoms with Crippen molar-refractivity contribution in [2.45, 2.75) is 13.0 Å². The molecular formula is C11H15BrClNO. The fourth-order valence-electron chi connectivity index (χ4n) is 1.42. The van der Waals surface area contributed by atoms with Crippen LogP contribution in [-0.4, -0.2) is 20.3 Å². The van der Waals surface area contributed by atoms with E-state index in [9.17, 15) is 0 Å². The van der Waals surface area contributed by atoms with Crippen molar-refractivity contribution in [3.63, 3.8) is 0 Å². The third-order valence-corrected chi connectivity index (χ3v) is 3.36. The third kappa shape index (κ3) is 3.76. The summed E-state index contributed by atoms with van der Waals surface area (Å²) in [6.07, 6.45) is 0. The SMILES string of the molecule is CCNC(COC)c1ccc(Br)c(Cl)c1. The predicted octanol–water partition coefficient (Wildman–Crippen LogP) is 3.40. The normalized spacial score (nSPS) is 12.8. The molecule has 0 bridgehead atoms. The van der Waals surface area contributed by atoms with Crippen LogP contribution in [0.4, 0.5) is 0 Å². The van der Waals surface area contributed by atoms with Crippen molar-refractivity contribution < 1.29 is 4.74 Å². The number of hydrogen-bond donors (Lipinski definition) is 1. The lowest BCUT2D eigenvalue weighted by atomic mass is 10.1. The Kier molecular flexibility index (Phi) is 5.61. The van der Waals surface area contributed by atoms with Gasteiger partial charge < -0.3 is 10.1 Å². The van der Waals surface area contributed by atoms with E-state index in [2.05, 4.69) is 28.2 Å². The van der Waals surface area contributed by atoms with Gasteiger partial charge in [-0.15, -0.1) is 0 Å². The van der Waals surface area contributed by atoms with E-state index < -0.39 is 0 Å². The van der Waals surface area contributed by atoms with Gasteiger partial charge in [0.1, 0.15) is 0 Å². The van der Waals surface area contributed by atoms with Crippen molar-refractivity contribution in [3.8, 4) is 0 Å². The van der Waals surface area contributed by atoms with Gasteiger partial charge in [-0.1, -0.05) is 24.6 Å². The number of nitrogens with one attached hydrogen (secondary N) is 1. The summed E-state index contributed by atoms with van der Waals surface area (Å²) < 4.78 is 6.08. The molecule has 4 heteroatoms. The number of likely N-dealkylation sites (N-methyl/N-ethyl adjacent to an activating group) is 1. The van der Waals surface area contributed by atoms with Gasteiger partial charge in [0, 0.05) is 11.6 Å². The van der Waals surface area contributed by atoms with E-state index in [4.69, 9.17) is 16.3 Å². The van der Waals surface area contributed by atoms with Crippen LogP contribution >= 0.6 is 27.5 Å². The average molecular weight is 293 g/mol. The van der Waals surface area contributed by atoms with Crippen LogP contribution < -0.4 is 5.32 Å². The Morgan fingerprint density at radius 2 is 2.27 bits per heavy atom. The summed E-state index contributed by atoms with van der Waals surface area (Å²) in [4.78, 5) is 0. The summed E-state index contributed by atoms with van der Waals surface area (Å²) in [5, 5.41) is 4.08. The second-order valence-corrected chi connectivity index (χ2v) is 4.50. The van der Waals surface area contributed by atoms with Gasteiger partial charge in [-0.25, -0.2) is 0 Å². The van der Waals surface area contributed by atoms with Crippen molar-refractivity contribution in [1.29, 1.82) is 0 Å². The van der Waals surface area contributed by atoms with Crippen LogP contribution in [0.2, 0.25) is 5.02 Å². The molecule has 1 atom stereocenters. The van der Waals surface area contributed by atoms with Gasteiger partial charge in [0.05, 0.1) is 17.7 Å². The lowest BCUT2D eigenvalue weighted by molar-refractivity contribution is 0.168. The van der Waals surface area contributed by atoms with Crippen LogP contribution in [0.3, 0.4) is 0 Å². The zero-order valence-electron chi connectivity index (χ0n) is 8.89. The van der Waals surface area contributed by atoms with Gasteiger partial charge in [-0.3, -0.25) is 0 Å². The Balaban J connectivity index is 2.85. The standard InChI is InChI=1S/C11H15BrClNO/c1-3-14-11(7-15-2)8-4-5-9(12)10(13)6-8/h4-6,11,14H,3,7H2,1-2H3. The van der Waals surface area contributed by atoms with Gasteiger partial charge in [0.25, 0.3) is 0 Å². The molecule has 0 aliphatic heterocycles. The lowest BCUT2D eigenvalue weighted by Gasteiger charge is -2.17. The van der Waals surface area contributed by atoms with E-state index >= 15 is 0 Å². The van der Waals surface area contributed by atoms with E-state index in [1.165, 1.54) is 0 Å². The molecule has 15 heavy (non-hydrogen) atoms. The van der Waals surface area contributed by atoms with Crippen molar-refractivity contribution >= 4 is 27.5 Å². The van der Waals surface area contributed by atoms with Gasteiger partial charge in [0.2, 0.25) is 0 Å². The average Bonchev–Trinajstić information content (AvgIpc) is 2.22. The van der Waals surface area contributed by atoms with E-state index in [-0.39, 0.29) is 6.04 Å². The van der Waals surface area contributed by atoms with Gasteiger partial charge in [-0.05, 0) is 40.2 Å². The molecule has 1 rings (SSSR count). The van der Waals surface area contributed by atoms with Gasteiger partial charge in [0.15, 0.2) is 0 Å². The fraction of sp³-hybridized carbons (Fsp3) is 0.455. The molecule has 0 spiro atoms. The maximum atomic E-state index is 6.04. The Bertz CT molecular complexity index is 313. The molecule has 0 saturated heterocycles. The zero-order chi connectivity index (χ0) is 11.3. The molecule has 0 aromatic heterocycles. The maximum absolute atomic E-state index is 6.04. The first-order chi connectivity index (χ1) is 7.19. The number of methoxy groups -OCH3 is 1. The maximum Gasteiger partial charge on any atom is 0.0657 e. The summed E-state index contributed by atoms with van der Waals surface area (Å²) in [6.45, 7) is 3.62. The molecule has 0 heterocycles. The highest BCUT2D eigenvalue weighted by atomic mass is 79.9. The van der Waals surface area contributed by atoms with Crippen LogP contribution in [-0.2, 0) is 4.74 Å². The van der Waals surface area contributed by atoms with Crippen LogP contribution in [0.5, 0.6) is 0 Å². The lowest BCUT2D eigenvalue weighted by Crippen LogP contribution is -2.24.